The highest BCUT2D eigenvalue weighted by Gasteiger charge is 2.34. The third-order valence-electron chi connectivity index (χ3n) is 4.03. The van der Waals surface area contributed by atoms with E-state index in [0.717, 1.165) is 16.9 Å². The number of morpholine rings is 1. The lowest BCUT2D eigenvalue weighted by molar-refractivity contribution is -0.141. The third-order valence-corrected chi connectivity index (χ3v) is 4.03. The smallest absolute Gasteiger partial charge is 0.384 e. The van der Waals surface area contributed by atoms with Crippen LogP contribution in [0.3, 0.4) is 0 Å². The first-order valence-corrected chi connectivity index (χ1v) is 8.34. The summed E-state index contributed by atoms with van der Waals surface area (Å²) in [5.41, 5.74) is 5.13. The molecule has 1 fully saturated rings. The molecule has 28 heavy (non-hydrogen) atoms. The average Bonchev–Trinajstić information content (AvgIpc) is 3.20. The minimum atomic E-state index is -4.56. The second-order valence-electron chi connectivity index (χ2n) is 5.97. The maximum atomic E-state index is 12.9. The quantitative estimate of drug-likeness (QED) is 0.716. The van der Waals surface area contributed by atoms with Gasteiger partial charge in [-0.05, 0) is 18.2 Å². The van der Waals surface area contributed by atoms with E-state index in [4.69, 9.17) is 10.5 Å². The molecule has 0 radical (unpaired) electrons. The van der Waals surface area contributed by atoms with Gasteiger partial charge in [0.1, 0.15) is 5.82 Å². The Kier molecular flexibility index (Phi) is 4.55. The van der Waals surface area contributed by atoms with Crippen molar-refractivity contribution in [3.63, 3.8) is 0 Å². The van der Waals surface area contributed by atoms with Crippen molar-refractivity contribution in [2.24, 2.45) is 0 Å². The van der Waals surface area contributed by atoms with Gasteiger partial charge in [-0.1, -0.05) is 0 Å². The Labute approximate surface area is 157 Å². The monoisotopic (exact) mass is 392 g/mol. The summed E-state index contributed by atoms with van der Waals surface area (Å²) in [6.07, 6.45) is -1.91. The summed E-state index contributed by atoms with van der Waals surface area (Å²) in [5, 5.41) is 3.55. The third kappa shape index (κ3) is 3.71. The summed E-state index contributed by atoms with van der Waals surface area (Å²) in [6.45, 7) is 2.10. The molecule has 3 aromatic rings. The molecule has 146 valence electrons. The zero-order chi connectivity index (χ0) is 19.7. The highest BCUT2D eigenvalue weighted by molar-refractivity contribution is 5.57. The van der Waals surface area contributed by atoms with Crippen LogP contribution in [0.15, 0.2) is 30.6 Å². The molecule has 0 spiro atoms. The van der Waals surface area contributed by atoms with Crippen molar-refractivity contribution in [2.75, 3.05) is 36.9 Å². The van der Waals surface area contributed by atoms with Gasteiger partial charge < -0.3 is 15.4 Å². The molecule has 0 unspecified atom stereocenters. The molecule has 0 atom stereocenters. The van der Waals surface area contributed by atoms with E-state index < -0.39 is 11.9 Å². The van der Waals surface area contributed by atoms with Gasteiger partial charge in [0.25, 0.3) is 5.95 Å². The van der Waals surface area contributed by atoms with Crippen LogP contribution < -0.4 is 10.6 Å². The van der Waals surface area contributed by atoms with E-state index in [0.29, 0.717) is 43.6 Å². The lowest BCUT2D eigenvalue weighted by Gasteiger charge is -2.27. The Morgan fingerprint density at radius 1 is 1.00 bits per heavy atom. The Hall–Kier alpha value is -3.28. The SMILES string of the molecule is Nc1ccc(-c2nc(N3CCOCC3)nc(-n3ccc(C(F)(F)F)n3)n2)cn1. The van der Waals surface area contributed by atoms with E-state index in [-0.39, 0.29) is 11.8 Å². The van der Waals surface area contributed by atoms with Gasteiger partial charge in [-0.2, -0.15) is 33.2 Å². The highest BCUT2D eigenvalue weighted by atomic mass is 19.4. The van der Waals surface area contributed by atoms with Crippen molar-refractivity contribution < 1.29 is 17.9 Å². The van der Waals surface area contributed by atoms with Gasteiger partial charge >= 0.3 is 6.18 Å². The Morgan fingerprint density at radius 3 is 2.39 bits per heavy atom. The Balaban J connectivity index is 1.79. The summed E-state index contributed by atoms with van der Waals surface area (Å²) in [6, 6.07) is 4.13. The van der Waals surface area contributed by atoms with Crippen molar-refractivity contribution in [1.82, 2.24) is 29.7 Å². The fourth-order valence-electron chi connectivity index (χ4n) is 2.61. The summed E-state index contributed by atoms with van der Waals surface area (Å²) in [4.78, 5) is 18.9. The van der Waals surface area contributed by atoms with Crippen LogP contribution in [0.4, 0.5) is 24.9 Å². The van der Waals surface area contributed by atoms with Gasteiger partial charge in [0.2, 0.25) is 5.95 Å². The lowest BCUT2D eigenvalue weighted by Crippen LogP contribution is -2.37. The lowest BCUT2D eigenvalue weighted by atomic mass is 10.2. The normalized spacial score (nSPS) is 15.0. The summed E-state index contributed by atoms with van der Waals surface area (Å²) >= 11 is 0. The number of pyridine rings is 1. The first-order chi connectivity index (χ1) is 13.4. The van der Waals surface area contributed by atoms with E-state index in [1.807, 2.05) is 4.90 Å². The molecule has 0 bridgehead atoms. The van der Waals surface area contributed by atoms with E-state index in [2.05, 4.69) is 25.0 Å². The zero-order valence-electron chi connectivity index (χ0n) is 14.5. The van der Waals surface area contributed by atoms with Crippen LogP contribution in [-0.4, -0.2) is 56.0 Å². The van der Waals surface area contributed by atoms with Crippen molar-refractivity contribution >= 4 is 11.8 Å². The van der Waals surface area contributed by atoms with Crippen molar-refractivity contribution in [2.45, 2.75) is 6.18 Å². The second kappa shape index (κ2) is 7.03. The number of rotatable bonds is 3. The van der Waals surface area contributed by atoms with Gasteiger partial charge in [-0.15, -0.1) is 0 Å². The van der Waals surface area contributed by atoms with Gasteiger partial charge in [0.05, 0.1) is 13.2 Å². The van der Waals surface area contributed by atoms with Gasteiger partial charge in [-0.25, -0.2) is 9.67 Å². The van der Waals surface area contributed by atoms with Crippen LogP contribution in [-0.2, 0) is 10.9 Å². The number of nitrogen functional groups attached to an aromatic ring is 1. The highest BCUT2D eigenvalue weighted by Crippen LogP contribution is 2.28. The molecule has 4 heterocycles. The molecule has 0 aliphatic carbocycles. The number of anilines is 2. The number of nitrogens with two attached hydrogens (primary N) is 1. The molecule has 3 aromatic heterocycles. The van der Waals surface area contributed by atoms with Crippen LogP contribution in [0.1, 0.15) is 5.69 Å². The Morgan fingerprint density at radius 2 is 1.75 bits per heavy atom. The number of alkyl halides is 3. The van der Waals surface area contributed by atoms with Crippen molar-refractivity contribution in [3.8, 4) is 17.3 Å². The summed E-state index contributed by atoms with van der Waals surface area (Å²) in [7, 11) is 0. The minimum Gasteiger partial charge on any atom is -0.384 e. The molecular weight excluding hydrogens is 377 g/mol. The standard InChI is InChI=1S/C16H15F3N8O/c17-16(18,19)11-3-4-27(25-11)15-23-13(10-1-2-12(20)21-9-10)22-14(24-15)26-5-7-28-8-6-26/h1-4,9H,5-8H2,(H2,20,21). The average molecular weight is 392 g/mol. The molecule has 0 amide bonds. The predicted molar refractivity (Wildman–Crippen MR) is 92.6 cm³/mol. The number of hydrogen-bond donors (Lipinski definition) is 1. The van der Waals surface area contributed by atoms with Gasteiger partial charge in [-0.3, -0.25) is 0 Å². The molecule has 2 N–H and O–H groups in total. The molecule has 1 saturated heterocycles. The summed E-state index contributed by atoms with van der Waals surface area (Å²) < 4.78 is 45.0. The fourth-order valence-corrected chi connectivity index (χ4v) is 2.61. The first kappa shape index (κ1) is 18.1. The predicted octanol–water partition coefficient (Wildman–Crippen LogP) is 1.56. The zero-order valence-corrected chi connectivity index (χ0v) is 14.5. The molecule has 4 rings (SSSR count). The van der Waals surface area contributed by atoms with Crippen molar-refractivity contribution in [1.29, 1.82) is 0 Å². The number of hydrogen-bond acceptors (Lipinski definition) is 8. The number of ether oxygens (including phenoxy) is 1. The van der Waals surface area contributed by atoms with Gasteiger partial charge in [0, 0.05) is 31.0 Å². The van der Waals surface area contributed by atoms with E-state index >= 15 is 0 Å². The molecule has 1 aliphatic rings. The number of aromatic nitrogens is 6. The van der Waals surface area contributed by atoms with Crippen molar-refractivity contribution in [3.05, 3.63) is 36.3 Å². The van der Waals surface area contributed by atoms with Crippen LogP contribution in [0, 0.1) is 0 Å². The first-order valence-electron chi connectivity index (χ1n) is 8.34. The molecule has 0 saturated carbocycles. The maximum Gasteiger partial charge on any atom is 0.435 e. The molecule has 1 aliphatic heterocycles. The molecule has 0 aromatic carbocycles. The maximum absolute atomic E-state index is 12.9. The van der Waals surface area contributed by atoms with Crippen LogP contribution in [0.25, 0.3) is 17.3 Å². The fraction of sp³-hybridized carbons (Fsp3) is 0.312. The molecule has 9 nitrogen and oxygen atoms in total. The van der Waals surface area contributed by atoms with E-state index in [1.165, 1.54) is 6.20 Å². The molecule has 12 heteroatoms. The Bertz CT molecular complexity index is 967. The molecular formula is C16H15F3N8O. The van der Waals surface area contributed by atoms with Crippen LogP contribution in [0.5, 0.6) is 0 Å². The van der Waals surface area contributed by atoms with E-state index in [9.17, 15) is 13.2 Å². The largest absolute Gasteiger partial charge is 0.435 e. The van der Waals surface area contributed by atoms with E-state index in [1.54, 1.807) is 12.1 Å². The number of nitrogens with zero attached hydrogens (tertiary/aromatic N) is 7. The van der Waals surface area contributed by atoms with Gasteiger partial charge in [0.15, 0.2) is 11.5 Å². The minimum absolute atomic E-state index is 0.0289. The van der Waals surface area contributed by atoms with Crippen LogP contribution in [0.2, 0.25) is 0 Å². The second-order valence-corrected chi connectivity index (χ2v) is 5.97. The van der Waals surface area contributed by atoms with Crippen LogP contribution >= 0.6 is 0 Å². The summed E-state index contributed by atoms with van der Waals surface area (Å²) in [5.74, 6) is 0.874. The topological polar surface area (TPSA) is 108 Å². The number of halogens is 3.